The molecule has 1 aliphatic carbocycles. The predicted molar refractivity (Wildman–Crippen MR) is 73.5 cm³/mol. The first-order valence-corrected chi connectivity index (χ1v) is 6.79. The van der Waals surface area contributed by atoms with Crippen LogP contribution in [0.25, 0.3) is 0 Å². The van der Waals surface area contributed by atoms with Crippen LogP contribution in [0.5, 0.6) is 5.75 Å². The number of methoxy groups -OCH3 is 1. The van der Waals surface area contributed by atoms with Crippen molar-refractivity contribution in [3.05, 3.63) is 24.0 Å². The highest BCUT2D eigenvalue weighted by molar-refractivity contribution is 5.26. The van der Waals surface area contributed by atoms with Crippen molar-refractivity contribution in [1.29, 1.82) is 0 Å². The monoisotopic (exact) mass is 248 g/mol. The van der Waals surface area contributed by atoms with E-state index < -0.39 is 0 Å². The van der Waals surface area contributed by atoms with Gasteiger partial charge in [0.15, 0.2) is 0 Å². The molecule has 1 aliphatic rings. The molecule has 2 rings (SSSR count). The first-order valence-electron chi connectivity index (χ1n) is 6.79. The first-order chi connectivity index (χ1) is 8.54. The Balaban J connectivity index is 2.21. The molecule has 0 aliphatic heterocycles. The van der Waals surface area contributed by atoms with Gasteiger partial charge in [0.25, 0.3) is 0 Å². The van der Waals surface area contributed by atoms with Gasteiger partial charge in [-0.1, -0.05) is 26.7 Å². The van der Waals surface area contributed by atoms with Crippen molar-refractivity contribution in [2.45, 2.75) is 45.6 Å². The molecule has 2 atom stereocenters. The number of rotatable bonds is 3. The van der Waals surface area contributed by atoms with Crippen LogP contribution < -0.4 is 10.5 Å². The molecule has 100 valence electrons. The zero-order valence-electron chi connectivity index (χ0n) is 11.6. The van der Waals surface area contributed by atoms with Gasteiger partial charge in [0, 0.05) is 12.2 Å². The van der Waals surface area contributed by atoms with E-state index in [0.29, 0.717) is 11.3 Å². The normalized spacial score (nSPS) is 24.6. The topological polar surface area (TPSA) is 48.1 Å². The Morgan fingerprint density at radius 1 is 1.39 bits per heavy atom. The summed E-state index contributed by atoms with van der Waals surface area (Å²) in [6, 6.07) is 2.07. The molecule has 0 aromatic carbocycles. The summed E-state index contributed by atoms with van der Waals surface area (Å²) in [5.41, 5.74) is 7.89. The van der Waals surface area contributed by atoms with Crippen LogP contribution in [-0.2, 0) is 0 Å². The fourth-order valence-electron chi connectivity index (χ4n) is 3.15. The number of hydrogen-bond donors (Lipinski definition) is 1. The molecule has 1 fully saturated rings. The standard InChI is InChI=1S/C15H24N2O/c1-15(2)7-5-4-6-13(15)14(16)11-8-12(18-3)10-17-9-11/h8-10,13-14H,4-7,16H2,1-3H3. The average Bonchev–Trinajstić information content (AvgIpc) is 2.37. The third kappa shape index (κ3) is 2.66. The Hall–Kier alpha value is -1.09. The Kier molecular flexibility index (Phi) is 3.91. The van der Waals surface area contributed by atoms with Crippen molar-refractivity contribution in [3.8, 4) is 5.75 Å². The number of nitrogens with two attached hydrogens (primary N) is 1. The van der Waals surface area contributed by atoms with Crippen LogP contribution >= 0.6 is 0 Å². The fourth-order valence-corrected chi connectivity index (χ4v) is 3.15. The summed E-state index contributed by atoms with van der Waals surface area (Å²) in [5.74, 6) is 1.32. The molecule has 1 aromatic rings. The highest BCUT2D eigenvalue weighted by Crippen LogP contribution is 2.45. The van der Waals surface area contributed by atoms with E-state index in [1.54, 1.807) is 13.3 Å². The Morgan fingerprint density at radius 3 is 2.83 bits per heavy atom. The zero-order valence-corrected chi connectivity index (χ0v) is 11.6. The molecular formula is C15H24N2O. The average molecular weight is 248 g/mol. The van der Waals surface area contributed by atoms with Gasteiger partial charge in [-0.2, -0.15) is 0 Å². The smallest absolute Gasteiger partial charge is 0.137 e. The van der Waals surface area contributed by atoms with Crippen molar-refractivity contribution in [3.63, 3.8) is 0 Å². The SMILES string of the molecule is COc1cncc(C(N)C2CCCCC2(C)C)c1. The fraction of sp³-hybridized carbons (Fsp3) is 0.667. The lowest BCUT2D eigenvalue weighted by Crippen LogP contribution is -2.36. The van der Waals surface area contributed by atoms with Crippen LogP contribution in [0.15, 0.2) is 18.5 Å². The van der Waals surface area contributed by atoms with E-state index in [4.69, 9.17) is 10.5 Å². The third-order valence-corrected chi connectivity index (χ3v) is 4.38. The molecule has 0 bridgehead atoms. The van der Waals surface area contributed by atoms with Gasteiger partial charge in [-0.3, -0.25) is 4.98 Å². The van der Waals surface area contributed by atoms with Gasteiger partial charge in [0.1, 0.15) is 5.75 Å². The van der Waals surface area contributed by atoms with Gasteiger partial charge >= 0.3 is 0 Å². The van der Waals surface area contributed by atoms with Crippen molar-refractivity contribution < 1.29 is 4.74 Å². The molecule has 0 saturated heterocycles. The van der Waals surface area contributed by atoms with E-state index in [9.17, 15) is 0 Å². The van der Waals surface area contributed by atoms with Gasteiger partial charge in [0.2, 0.25) is 0 Å². The molecule has 3 nitrogen and oxygen atoms in total. The summed E-state index contributed by atoms with van der Waals surface area (Å²) < 4.78 is 5.23. The lowest BCUT2D eigenvalue weighted by Gasteiger charge is -2.42. The van der Waals surface area contributed by atoms with Crippen LogP contribution in [0.3, 0.4) is 0 Å². The van der Waals surface area contributed by atoms with E-state index in [0.717, 1.165) is 11.3 Å². The summed E-state index contributed by atoms with van der Waals surface area (Å²) in [4.78, 5) is 4.21. The maximum atomic E-state index is 6.47. The Bertz CT molecular complexity index is 403. The molecule has 0 amide bonds. The largest absolute Gasteiger partial charge is 0.495 e. The second-order valence-corrected chi connectivity index (χ2v) is 6.02. The van der Waals surface area contributed by atoms with E-state index in [-0.39, 0.29) is 6.04 Å². The molecule has 2 unspecified atom stereocenters. The van der Waals surface area contributed by atoms with Crippen molar-refractivity contribution in [2.24, 2.45) is 17.1 Å². The molecule has 3 heteroatoms. The summed E-state index contributed by atoms with van der Waals surface area (Å²) >= 11 is 0. The highest BCUT2D eigenvalue weighted by Gasteiger charge is 2.36. The first kappa shape index (κ1) is 13.3. The van der Waals surface area contributed by atoms with Crippen LogP contribution in [0.2, 0.25) is 0 Å². The van der Waals surface area contributed by atoms with Crippen LogP contribution in [-0.4, -0.2) is 12.1 Å². The molecule has 18 heavy (non-hydrogen) atoms. The molecule has 1 heterocycles. The van der Waals surface area contributed by atoms with Gasteiger partial charge in [-0.15, -0.1) is 0 Å². The summed E-state index contributed by atoms with van der Waals surface area (Å²) in [5, 5.41) is 0. The molecule has 2 N–H and O–H groups in total. The zero-order chi connectivity index (χ0) is 13.2. The highest BCUT2D eigenvalue weighted by atomic mass is 16.5. The number of nitrogens with zero attached hydrogens (tertiary/aromatic N) is 1. The van der Waals surface area contributed by atoms with Crippen molar-refractivity contribution in [2.75, 3.05) is 7.11 Å². The number of pyridine rings is 1. The summed E-state index contributed by atoms with van der Waals surface area (Å²) in [6.07, 6.45) is 8.69. The van der Waals surface area contributed by atoms with Crippen LogP contribution in [0.1, 0.15) is 51.1 Å². The van der Waals surface area contributed by atoms with Crippen molar-refractivity contribution >= 4 is 0 Å². The maximum Gasteiger partial charge on any atom is 0.137 e. The molecular weight excluding hydrogens is 224 g/mol. The third-order valence-electron chi connectivity index (χ3n) is 4.38. The van der Waals surface area contributed by atoms with Gasteiger partial charge in [-0.05, 0) is 35.8 Å². The van der Waals surface area contributed by atoms with Crippen molar-refractivity contribution in [1.82, 2.24) is 4.98 Å². The number of hydrogen-bond acceptors (Lipinski definition) is 3. The van der Waals surface area contributed by atoms with E-state index in [1.807, 2.05) is 12.3 Å². The predicted octanol–water partition coefficient (Wildman–Crippen LogP) is 3.31. The molecule has 1 aromatic heterocycles. The minimum Gasteiger partial charge on any atom is -0.495 e. The van der Waals surface area contributed by atoms with E-state index in [1.165, 1.54) is 25.7 Å². The van der Waals surface area contributed by atoms with Gasteiger partial charge in [0.05, 0.1) is 13.3 Å². The minimum absolute atomic E-state index is 0.0582. The summed E-state index contributed by atoms with van der Waals surface area (Å²) in [7, 11) is 1.66. The Morgan fingerprint density at radius 2 is 2.17 bits per heavy atom. The van der Waals surface area contributed by atoms with E-state index >= 15 is 0 Å². The van der Waals surface area contributed by atoms with Gasteiger partial charge in [-0.25, -0.2) is 0 Å². The maximum absolute atomic E-state index is 6.47. The lowest BCUT2D eigenvalue weighted by molar-refractivity contribution is 0.112. The molecule has 1 saturated carbocycles. The second kappa shape index (κ2) is 5.27. The molecule has 0 radical (unpaired) electrons. The van der Waals surface area contributed by atoms with Crippen LogP contribution in [0, 0.1) is 11.3 Å². The van der Waals surface area contributed by atoms with Gasteiger partial charge < -0.3 is 10.5 Å². The minimum atomic E-state index is 0.0582. The van der Waals surface area contributed by atoms with Crippen LogP contribution in [0.4, 0.5) is 0 Å². The second-order valence-electron chi connectivity index (χ2n) is 6.02. The molecule has 0 spiro atoms. The van der Waals surface area contributed by atoms with E-state index in [2.05, 4.69) is 18.8 Å². The quantitative estimate of drug-likeness (QED) is 0.892. The Labute approximate surface area is 110 Å². The summed E-state index contributed by atoms with van der Waals surface area (Å²) in [6.45, 7) is 4.68. The lowest BCUT2D eigenvalue weighted by atomic mass is 9.65. The number of ether oxygens (including phenoxy) is 1. The number of aromatic nitrogens is 1.